The van der Waals surface area contributed by atoms with Gasteiger partial charge in [0.2, 0.25) is 5.82 Å². The standard InChI is InChI=1S/C18H22N6O3/c1-12(2)18(4,11-19)20-15(25)10-27-16(26)9-24-22-17(21-23-24)14-7-5-13(3)6-8-14/h5-8,12H,9-10H2,1-4H3,(H,20,25)/t18-/m0/s1. The van der Waals surface area contributed by atoms with E-state index in [1.54, 1.807) is 6.92 Å². The molecule has 1 amide bonds. The predicted octanol–water partition coefficient (Wildman–Crippen LogP) is 1.25. The van der Waals surface area contributed by atoms with Gasteiger partial charge in [-0.15, -0.1) is 10.2 Å². The molecule has 1 aromatic heterocycles. The van der Waals surface area contributed by atoms with Crippen LogP contribution in [0.5, 0.6) is 0 Å². The van der Waals surface area contributed by atoms with Crippen molar-refractivity contribution in [3.05, 3.63) is 29.8 Å². The van der Waals surface area contributed by atoms with E-state index < -0.39 is 24.0 Å². The van der Waals surface area contributed by atoms with Crippen LogP contribution >= 0.6 is 0 Å². The third-order valence-corrected chi connectivity index (χ3v) is 4.18. The smallest absolute Gasteiger partial charge is 0.330 e. The summed E-state index contributed by atoms with van der Waals surface area (Å²) in [5.41, 5.74) is 0.863. The van der Waals surface area contributed by atoms with Crippen LogP contribution in [0, 0.1) is 24.2 Å². The van der Waals surface area contributed by atoms with Crippen LogP contribution in [-0.2, 0) is 20.9 Å². The molecule has 142 valence electrons. The zero-order chi connectivity index (χ0) is 20.0. The first-order valence-corrected chi connectivity index (χ1v) is 8.46. The summed E-state index contributed by atoms with van der Waals surface area (Å²) in [6.07, 6.45) is 0. The van der Waals surface area contributed by atoms with Crippen molar-refractivity contribution in [2.75, 3.05) is 6.61 Å². The van der Waals surface area contributed by atoms with E-state index >= 15 is 0 Å². The first-order chi connectivity index (χ1) is 12.7. The van der Waals surface area contributed by atoms with E-state index in [0.29, 0.717) is 5.82 Å². The second-order valence-corrected chi connectivity index (χ2v) is 6.69. The molecule has 0 bridgehead atoms. The molecular formula is C18H22N6O3. The number of carbonyl (C=O) groups is 2. The topological polar surface area (TPSA) is 123 Å². The van der Waals surface area contributed by atoms with Gasteiger partial charge in [-0.2, -0.15) is 10.1 Å². The van der Waals surface area contributed by atoms with Crippen molar-refractivity contribution in [1.82, 2.24) is 25.5 Å². The van der Waals surface area contributed by atoms with Gasteiger partial charge < -0.3 is 10.1 Å². The van der Waals surface area contributed by atoms with E-state index in [0.717, 1.165) is 15.9 Å². The molecule has 0 saturated heterocycles. The second kappa shape index (κ2) is 8.40. The fourth-order valence-electron chi connectivity index (χ4n) is 2.06. The Morgan fingerprint density at radius 1 is 1.33 bits per heavy atom. The summed E-state index contributed by atoms with van der Waals surface area (Å²) >= 11 is 0. The van der Waals surface area contributed by atoms with E-state index in [4.69, 9.17) is 4.74 Å². The van der Waals surface area contributed by atoms with Gasteiger partial charge in [0.1, 0.15) is 5.54 Å². The van der Waals surface area contributed by atoms with Crippen molar-refractivity contribution in [3.63, 3.8) is 0 Å². The lowest BCUT2D eigenvalue weighted by Gasteiger charge is -2.27. The number of carbonyl (C=O) groups excluding carboxylic acids is 2. The number of ether oxygens (including phenoxy) is 1. The van der Waals surface area contributed by atoms with Gasteiger partial charge in [-0.1, -0.05) is 43.7 Å². The molecule has 0 spiro atoms. The van der Waals surface area contributed by atoms with Gasteiger partial charge in [0.05, 0.1) is 6.07 Å². The Kier molecular flexibility index (Phi) is 6.23. The number of aromatic nitrogens is 4. The van der Waals surface area contributed by atoms with Crippen LogP contribution in [-0.4, -0.2) is 44.2 Å². The minimum Gasteiger partial charge on any atom is -0.454 e. The first-order valence-electron chi connectivity index (χ1n) is 8.46. The maximum absolute atomic E-state index is 11.9. The molecule has 27 heavy (non-hydrogen) atoms. The van der Waals surface area contributed by atoms with Gasteiger partial charge in [0.15, 0.2) is 13.2 Å². The molecule has 0 unspecified atom stereocenters. The number of benzene rings is 1. The summed E-state index contributed by atoms with van der Waals surface area (Å²) in [5.74, 6) is -0.932. The van der Waals surface area contributed by atoms with Crippen molar-refractivity contribution in [3.8, 4) is 17.5 Å². The molecule has 0 fully saturated rings. The Morgan fingerprint density at radius 2 is 2.00 bits per heavy atom. The molecule has 0 saturated carbocycles. The summed E-state index contributed by atoms with van der Waals surface area (Å²) in [6.45, 7) is 6.47. The van der Waals surface area contributed by atoms with E-state index in [9.17, 15) is 14.9 Å². The first kappa shape index (κ1) is 20.0. The number of hydrogen-bond acceptors (Lipinski definition) is 7. The lowest BCUT2D eigenvalue weighted by molar-refractivity contribution is -0.150. The van der Waals surface area contributed by atoms with Crippen LogP contribution in [0.4, 0.5) is 0 Å². The number of nitrogens with zero attached hydrogens (tertiary/aromatic N) is 5. The van der Waals surface area contributed by atoms with Gasteiger partial charge >= 0.3 is 5.97 Å². The highest BCUT2D eigenvalue weighted by molar-refractivity contribution is 5.81. The molecule has 9 heteroatoms. The third-order valence-electron chi connectivity index (χ3n) is 4.18. The van der Waals surface area contributed by atoms with Crippen LogP contribution in [0.25, 0.3) is 11.4 Å². The van der Waals surface area contributed by atoms with E-state index in [2.05, 4.69) is 26.8 Å². The normalized spacial score (nSPS) is 12.9. The summed E-state index contributed by atoms with van der Waals surface area (Å²) in [5, 5.41) is 23.6. The average molecular weight is 370 g/mol. The van der Waals surface area contributed by atoms with E-state index in [-0.39, 0.29) is 12.5 Å². The minimum atomic E-state index is -1.03. The number of esters is 1. The number of tetrazole rings is 1. The van der Waals surface area contributed by atoms with Gasteiger partial charge in [-0.3, -0.25) is 4.79 Å². The Balaban J connectivity index is 1.87. The Labute approximate surface area is 157 Å². The molecule has 0 aliphatic heterocycles. The third kappa shape index (κ3) is 5.34. The Morgan fingerprint density at radius 3 is 2.59 bits per heavy atom. The van der Waals surface area contributed by atoms with Crippen molar-refractivity contribution in [1.29, 1.82) is 5.26 Å². The maximum Gasteiger partial charge on any atom is 0.330 e. The lowest BCUT2D eigenvalue weighted by atomic mass is 9.90. The zero-order valence-electron chi connectivity index (χ0n) is 15.8. The second-order valence-electron chi connectivity index (χ2n) is 6.69. The van der Waals surface area contributed by atoms with Crippen LogP contribution < -0.4 is 5.32 Å². The van der Waals surface area contributed by atoms with Crippen LogP contribution in [0.15, 0.2) is 24.3 Å². The highest BCUT2D eigenvalue weighted by Crippen LogP contribution is 2.15. The monoisotopic (exact) mass is 370 g/mol. The van der Waals surface area contributed by atoms with E-state index in [1.807, 2.05) is 45.0 Å². The summed E-state index contributed by atoms with van der Waals surface area (Å²) in [4.78, 5) is 24.9. The number of nitriles is 1. The number of amides is 1. The highest BCUT2D eigenvalue weighted by atomic mass is 16.5. The molecule has 1 aromatic carbocycles. The van der Waals surface area contributed by atoms with Gasteiger partial charge in [-0.25, -0.2) is 4.79 Å². The molecule has 0 aliphatic rings. The van der Waals surface area contributed by atoms with Gasteiger partial charge in [-0.05, 0) is 25.0 Å². The quantitative estimate of drug-likeness (QED) is 0.727. The molecule has 2 rings (SSSR count). The molecule has 9 nitrogen and oxygen atoms in total. The molecule has 1 atom stereocenters. The summed E-state index contributed by atoms with van der Waals surface area (Å²) in [7, 11) is 0. The van der Waals surface area contributed by atoms with Gasteiger partial charge in [0, 0.05) is 5.56 Å². The molecule has 0 aliphatic carbocycles. The van der Waals surface area contributed by atoms with Crippen LogP contribution in [0.1, 0.15) is 26.3 Å². The molecule has 1 heterocycles. The number of nitrogens with one attached hydrogen (secondary N) is 1. The van der Waals surface area contributed by atoms with Crippen LogP contribution in [0.2, 0.25) is 0 Å². The van der Waals surface area contributed by atoms with Crippen molar-refractivity contribution < 1.29 is 14.3 Å². The van der Waals surface area contributed by atoms with Crippen molar-refractivity contribution in [2.45, 2.75) is 39.8 Å². The van der Waals surface area contributed by atoms with E-state index in [1.165, 1.54) is 0 Å². The number of hydrogen-bond donors (Lipinski definition) is 1. The Bertz CT molecular complexity index is 853. The largest absolute Gasteiger partial charge is 0.454 e. The van der Waals surface area contributed by atoms with Gasteiger partial charge in [0.25, 0.3) is 5.91 Å². The molecule has 2 aromatic rings. The number of rotatable bonds is 7. The number of aryl methyl sites for hydroxylation is 1. The maximum atomic E-state index is 11.9. The molecular weight excluding hydrogens is 348 g/mol. The Hall–Kier alpha value is -3.28. The SMILES string of the molecule is Cc1ccc(-c2nnn(CC(=O)OCC(=O)N[C@@](C)(C#N)C(C)C)n2)cc1. The fraction of sp³-hybridized carbons (Fsp3) is 0.444. The fourth-order valence-corrected chi connectivity index (χ4v) is 2.06. The minimum absolute atomic E-state index is 0.0957. The summed E-state index contributed by atoms with van der Waals surface area (Å²) < 4.78 is 4.92. The summed E-state index contributed by atoms with van der Waals surface area (Å²) in [6, 6.07) is 9.63. The van der Waals surface area contributed by atoms with Crippen LogP contribution in [0.3, 0.4) is 0 Å². The lowest BCUT2D eigenvalue weighted by Crippen LogP contribution is -2.50. The highest BCUT2D eigenvalue weighted by Gasteiger charge is 2.30. The van der Waals surface area contributed by atoms with Crippen molar-refractivity contribution >= 4 is 11.9 Å². The average Bonchev–Trinajstić information content (AvgIpc) is 3.08. The van der Waals surface area contributed by atoms with Crippen molar-refractivity contribution in [2.24, 2.45) is 5.92 Å². The zero-order valence-corrected chi connectivity index (χ0v) is 15.8. The molecule has 1 N–H and O–H groups in total. The predicted molar refractivity (Wildman–Crippen MR) is 95.9 cm³/mol. The molecule has 0 radical (unpaired) electrons.